The average molecular weight is 259 g/mol. The van der Waals surface area contributed by atoms with E-state index in [1.165, 1.54) is 11.3 Å². The molecule has 1 aromatic carbocycles. The first-order chi connectivity index (χ1) is 8.84. The summed E-state index contributed by atoms with van der Waals surface area (Å²) in [7, 11) is 0. The van der Waals surface area contributed by atoms with Gasteiger partial charge in [-0.15, -0.1) is 11.3 Å². The number of nitrogens with one attached hydrogen (secondary N) is 2. The lowest BCUT2D eigenvalue weighted by Crippen LogP contribution is -2.25. The molecule has 18 heavy (non-hydrogen) atoms. The van der Waals surface area contributed by atoms with Crippen molar-refractivity contribution in [2.24, 2.45) is 0 Å². The zero-order valence-corrected chi connectivity index (χ0v) is 11.2. The third-order valence-electron chi connectivity index (χ3n) is 3.43. The fourth-order valence-corrected chi connectivity index (χ4v) is 3.06. The molecule has 0 fully saturated rings. The number of thiazole rings is 1. The number of aromatic nitrogens is 1. The molecule has 2 heterocycles. The minimum atomic E-state index is 0.331. The number of rotatable bonds is 4. The highest BCUT2D eigenvalue weighted by Gasteiger charge is 2.22. The third-order valence-corrected chi connectivity index (χ3v) is 4.39. The van der Waals surface area contributed by atoms with Gasteiger partial charge in [-0.05, 0) is 18.6 Å². The van der Waals surface area contributed by atoms with E-state index in [2.05, 4.69) is 46.8 Å². The molecule has 1 aliphatic heterocycles. The van der Waals surface area contributed by atoms with E-state index in [9.17, 15) is 0 Å². The normalized spacial score (nSPS) is 19.3. The van der Waals surface area contributed by atoms with Crippen LogP contribution in [0.2, 0.25) is 0 Å². The Morgan fingerprint density at radius 1 is 1.50 bits per heavy atom. The number of hydrogen-bond acceptors (Lipinski definition) is 4. The molecule has 2 aromatic rings. The van der Waals surface area contributed by atoms with Crippen molar-refractivity contribution in [3.63, 3.8) is 0 Å². The fourth-order valence-electron chi connectivity index (χ4n) is 2.39. The lowest BCUT2D eigenvalue weighted by molar-refractivity contribution is 0.534. The Kier molecular flexibility index (Phi) is 3.30. The summed E-state index contributed by atoms with van der Waals surface area (Å²) in [5.41, 5.74) is 2.71. The predicted octanol–water partition coefficient (Wildman–Crippen LogP) is 3.00. The molecule has 3 rings (SSSR count). The van der Waals surface area contributed by atoms with E-state index in [4.69, 9.17) is 0 Å². The molecular formula is C14H17N3S. The lowest BCUT2D eigenvalue weighted by Gasteiger charge is -2.15. The zero-order chi connectivity index (χ0) is 12.4. The number of para-hydroxylation sites is 1. The van der Waals surface area contributed by atoms with Gasteiger partial charge in [0.15, 0.2) is 0 Å². The van der Waals surface area contributed by atoms with Gasteiger partial charge in [-0.2, -0.15) is 0 Å². The van der Waals surface area contributed by atoms with Crippen molar-refractivity contribution in [3.8, 4) is 0 Å². The van der Waals surface area contributed by atoms with Gasteiger partial charge in [0, 0.05) is 36.3 Å². The van der Waals surface area contributed by atoms with Crippen LogP contribution >= 0.6 is 11.3 Å². The smallest absolute Gasteiger partial charge is 0.109 e. The second-order valence-corrected chi connectivity index (χ2v) is 5.59. The second-order valence-electron chi connectivity index (χ2n) is 4.67. The maximum atomic E-state index is 4.35. The standard InChI is InChI=1S/C14H17N3S/c1-10(14-15-6-7-18-14)16-8-11-9-17-13-5-3-2-4-12(11)13/h2-7,10-11,16-17H,8-9H2,1H3. The fraction of sp³-hybridized carbons (Fsp3) is 0.357. The van der Waals surface area contributed by atoms with Crippen LogP contribution in [-0.2, 0) is 0 Å². The molecule has 0 aliphatic carbocycles. The number of nitrogens with zero attached hydrogens (tertiary/aromatic N) is 1. The van der Waals surface area contributed by atoms with Crippen LogP contribution in [0.1, 0.15) is 29.5 Å². The van der Waals surface area contributed by atoms with Crippen molar-refractivity contribution in [1.29, 1.82) is 0 Å². The monoisotopic (exact) mass is 259 g/mol. The predicted molar refractivity (Wildman–Crippen MR) is 76.2 cm³/mol. The van der Waals surface area contributed by atoms with E-state index in [0.29, 0.717) is 12.0 Å². The summed E-state index contributed by atoms with van der Waals surface area (Å²) in [5.74, 6) is 0.559. The minimum absolute atomic E-state index is 0.331. The highest BCUT2D eigenvalue weighted by molar-refractivity contribution is 7.09. The highest BCUT2D eigenvalue weighted by atomic mass is 32.1. The molecule has 0 saturated carbocycles. The first-order valence-electron chi connectivity index (χ1n) is 6.30. The van der Waals surface area contributed by atoms with Crippen LogP contribution in [0.5, 0.6) is 0 Å². The van der Waals surface area contributed by atoms with Gasteiger partial charge in [-0.3, -0.25) is 0 Å². The SMILES string of the molecule is CC(NCC1CNc2ccccc21)c1nccs1. The van der Waals surface area contributed by atoms with Crippen molar-refractivity contribution >= 4 is 17.0 Å². The summed E-state index contributed by atoms with van der Waals surface area (Å²) in [6.45, 7) is 4.19. The van der Waals surface area contributed by atoms with Crippen LogP contribution in [0.25, 0.3) is 0 Å². The second kappa shape index (κ2) is 5.08. The van der Waals surface area contributed by atoms with Crippen LogP contribution in [0, 0.1) is 0 Å². The lowest BCUT2D eigenvalue weighted by atomic mass is 10.0. The van der Waals surface area contributed by atoms with Gasteiger partial charge in [0.05, 0.1) is 6.04 Å². The highest BCUT2D eigenvalue weighted by Crippen LogP contribution is 2.30. The van der Waals surface area contributed by atoms with Gasteiger partial charge in [-0.1, -0.05) is 18.2 Å². The molecular weight excluding hydrogens is 242 g/mol. The minimum Gasteiger partial charge on any atom is -0.384 e. The van der Waals surface area contributed by atoms with Crippen molar-refractivity contribution in [2.45, 2.75) is 18.9 Å². The molecule has 2 N–H and O–H groups in total. The average Bonchev–Trinajstić information content (AvgIpc) is 3.06. The summed E-state index contributed by atoms with van der Waals surface area (Å²) in [5, 5.41) is 10.2. The Morgan fingerprint density at radius 2 is 2.39 bits per heavy atom. The van der Waals surface area contributed by atoms with Crippen molar-refractivity contribution < 1.29 is 0 Å². The van der Waals surface area contributed by atoms with Crippen LogP contribution in [-0.4, -0.2) is 18.1 Å². The molecule has 3 nitrogen and oxygen atoms in total. The molecule has 1 aromatic heterocycles. The Hall–Kier alpha value is -1.39. The first-order valence-corrected chi connectivity index (χ1v) is 7.18. The van der Waals surface area contributed by atoms with E-state index >= 15 is 0 Å². The van der Waals surface area contributed by atoms with E-state index in [1.807, 2.05) is 11.6 Å². The Labute approximate surface area is 111 Å². The number of anilines is 1. The maximum absolute atomic E-state index is 4.35. The summed E-state index contributed by atoms with van der Waals surface area (Å²) in [6.07, 6.45) is 1.87. The van der Waals surface area contributed by atoms with Gasteiger partial charge in [0.1, 0.15) is 5.01 Å². The van der Waals surface area contributed by atoms with Gasteiger partial charge < -0.3 is 10.6 Å². The zero-order valence-electron chi connectivity index (χ0n) is 10.4. The molecule has 2 unspecified atom stereocenters. The van der Waals surface area contributed by atoms with Crippen LogP contribution in [0.15, 0.2) is 35.8 Å². The van der Waals surface area contributed by atoms with Crippen molar-refractivity contribution in [1.82, 2.24) is 10.3 Å². The Bertz CT molecular complexity index is 510. The summed E-state index contributed by atoms with van der Waals surface area (Å²) in [6, 6.07) is 8.90. The van der Waals surface area contributed by atoms with E-state index in [0.717, 1.165) is 18.1 Å². The van der Waals surface area contributed by atoms with Crippen molar-refractivity contribution in [3.05, 3.63) is 46.4 Å². The van der Waals surface area contributed by atoms with E-state index in [1.54, 1.807) is 11.3 Å². The summed E-state index contributed by atoms with van der Waals surface area (Å²) < 4.78 is 0. The summed E-state index contributed by atoms with van der Waals surface area (Å²) >= 11 is 1.71. The summed E-state index contributed by atoms with van der Waals surface area (Å²) in [4.78, 5) is 4.35. The number of benzene rings is 1. The van der Waals surface area contributed by atoms with Gasteiger partial charge in [-0.25, -0.2) is 4.98 Å². The molecule has 0 saturated heterocycles. The largest absolute Gasteiger partial charge is 0.384 e. The number of hydrogen-bond donors (Lipinski definition) is 2. The molecule has 0 bridgehead atoms. The number of fused-ring (bicyclic) bond motifs is 1. The third kappa shape index (κ3) is 2.26. The van der Waals surface area contributed by atoms with Crippen molar-refractivity contribution in [2.75, 3.05) is 18.4 Å². The van der Waals surface area contributed by atoms with Crippen LogP contribution in [0.4, 0.5) is 5.69 Å². The quantitative estimate of drug-likeness (QED) is 0.886. The van der Waals surface area contributed by atoms with E-state index in [-0.39, 0.29) is 0 Å². The maximum Gasteiger partial charge on any atom is 0.109 e. The Morgan fingerprint density at radius 3 is 3.22 bits per heavy atom. The van der Waals surface area contributed by atoms with Gasteiger partial charge >= 0.3 is 0 Å². The first kappa shape index (κ1) is 11.7. The van der Waals surface area contributed by atoms with Crippen LogP contribution in [0.3, 0.4) is 0 Å². The molecule has 1 aliphatic rings. The van der Waals surface area contributed by atoms with E-state index < -0.39 is 0 Å². The molecule has 2 atom stereocenters. The van der Waals surface area contributed by atoms with Gasteiger partial charge in [0.2, 0.25) is 0 Å². The molecule has 4 heteroatoms. The molecule has 0 amide bonds. The van der Waals surface area contributed by atoms with Crippen LogP contribution < -0.4 is 10.6 Å². The Balaban J connectivity index is 1.62. The molecule has 0 spiro atoms. The molecule has 0 radical (unpaired) electrons. The molecule has 94 valence electrons. The topological polar surface area (TPSA) is 37.0 Å². The van der Waals surface area contributed by atoms with Gasteiger partial charge in [0.25, 0.3) is 0 Å².